The van der Waals surface area contributed by atoms with Crippen molar-refractivity contribution in [3.63, 3.8) is 0 Å². The van der Waals surface area contributed by atoms with Crippen LogP contribution >= 0.6 is 0 Å². The van der Waals surface area contributed by atoms with Gasteiger partial charge in [0.15, 0.2) is 0 Å². The second kappa shape index (κ2) is 5.10. The molecule has 1 fully saturated rings. The lowest BCUT2D eigenvalue weighted by molar-refractivity contribution is 0.232. The number of nitrogens with two attached hydrogens (primary N) is 1. The van der Waals surface area contributed by atoms with Crippen LogP contribution in [0.4, 0.5) is 5.95 Å². The molecule has 0 amide bonds. The van der Waals surface area contributed by atoms with Crippen molar-refractivity contribution in [1.29, 1.82) is 0 Å². The Hall–Kier alpha value is -1.36. The van der Waals surface area contributed by atoms with E-state index in [1.807, 2.05) is 26.8 Å². The van der Waals surface area contributed by atoms with Gasteiger partial charge in [0.2, 0.25) is 11.8 Å². The maximum atomic E-state index is 6.16. The van der Waals surface area contributed by atoms with Crippen molar-refractivity contribution >= 4 is 5.95 Å². The van der Waals surface area contributed by atoms with Gasteiger partial charge in [0.05, 0.1) is 6.10 Å². The molecule has 0 aromatic carbocycles. The summed E-state index contributed by atoms with van der Waals surface area (Å²) in [6.45, 7) is 6.61. The number of ether oxygens (including phenoxy) is 1. The van der Waals surface area contributed by atoms with Gasteiger partial charge in [-0.3, -0.25) is 0 Å². The summed E-state index contributed by atoms with van der Waals surface area (Å²) in [5.74, 6) is 1.21. The summed E-state index contributed by atoms with van der Waals surface area (Å²) in [6, 6.07) is 1.84. The maximum Gasteiger partial charge on any atom is 0.226 e. The van der Waals surface area contributed by atoms with E-state index in [2.05, 4.69) is 15.3 Å². The topological polar surface area (TPSA) is 73.1 Å². The molecule has 1 heterocycles. The van der Waals surface area contributed by atoms with E-state index in [4.69, 9.17) is 10.5 Å². The molecule has 5 nitrogen and oxygen atoms in total. The van der Waals surface area contributed by atoms with Crippen molar-refractivity contribution in [3.05, 3.63) is 11.8 Å². The zero-order valence-corrected chi connectivity index (χ0v) is 11.4. The van der Waals surface area contributed by atoms with Crippen LogP contribution in [-0.2, 0) is 0 Å². The van der Waals surface area contributed by atoms with Crippen molar-refractivity contribution < 1.29 is 4.74 Å². The number of nitrogens with zero attached hydrogens (tertiary/aromatic N) is 2. The third kappa shape index (κ3) is 3.32. The van der Waals surface area contributed by atoms with E-state index < -0.39 is 0 Å². The molecule has 0 aliphatic heterocycles. The van der Waals surface area contributed by atoms with Crippen LogP contribution in [0.1, 0.15) is 38.8 Å². The lowest BCUT2D eigenvalue weighted by Gasteiger charge is -2.38. The van der Waals surface area contributed by atoms with E-state index in [-0.39, 0.29) is 11.6 Å². The lowest BCUT2D eigenvalue weighted by atomic mass is 9.78. The Balaban J connectivity index is 2.00. The lowest BCUT2D eigenvalue weighted by Crippen LogP contribution is -2.52. The first-order valence-corrected chi connectivity index (χ1v) is 6.52. The van der Waals surface area contributed by atoms with E-state index in [1.54, 1.807) is 0 Å². The minimum absolute atomic E-state index is 0.0772. The summed E-state index contributed by atoms with van der Waals surface area (Å²) >= 11 is 0. The fourth-order valence-electron chi connectivity index (χ4n) is 1.98. The molecule has 1 aliphatic carbocycles. The second-order valence-corrected chi connectivity index (χ2v) is 5.41. The predicted octanol–water partition coefficient (Wildman–Crippen LogP) is 1.87. The van der Waals surface area contributed by atoms with Gasteiger partial charge in [-0.15, -0.1) is 0 Å². The van der Waals surface area contributed by atoms with E-state index >= 15 is 0 Å². The summed E-state index contributed by atoms with van der Waals surface area (Å²) in [4.78, 5) is 8.68. The molecule has 18 heavy (non-hydrogen) atoms. The van der Waals surface area contributed by atoms with Gasteiger partial charge in [-0.25, -0.2) is 4.98 Å². The highest BCUT2D eigenvalue weighted by atomic mass is 16.5. The van der Waals surface area contributed by atoms with Gasteiger partial charge < -0.3 is 15.8 Å². The number of nitrogens with one attached hydrogen (secondary N) is 1. The third-order valence-electron chi connectivity index (χ3n) is 3.14. The van der Waals surface area contributed by atoms with Crippen molar-refractivity contribution in [2.45, 2.75) is 51.7 Å². The molecule has 1 aromatic rings. The molecular weight excluding hydrogens is 228 g/mol. The van der Waals surface area contributed by atoms with Crippen molar-refractivity contribution in [3.8, 4) is 5.88 Å². The summed E-state index contributed by atoms with van der Waals surface area (Å²) in [5.41, 5.74) is 6.97. The van der Waals surface area contributed by atoms with E-state index in [0.29, 0.717) is 11.8 Å². The van der Waals surface area contributed by atoms with Gasteiger partial charge in [-0.05, 0) is 40.0 Å². The maximum absolute atomic E-state index is 6.16. The average molecular weight is 250 g/mol. The number of aryl methyl sites for hydroxylation is 1. The first kappa shape index (κ1) is 13.1. The first-order valence-electron chi connectivity index (χ1n) is 6.52. The minimum Gasteiger partial charge on any atom is -0.475 e. The molecule has 1 saturated carbocycles. The summed E-state index contributed by atoms with van der Waals surface area (Å²) in [6.07, 6.45) is 3.47. The van der Waals surface area contributed by atoms with Crippen molar-refractivity contribution in [1.82, 2.24) is 9.97 Å². The molecule has 1 aliphatic rings. The predicted molar refractivity (Wildman–Crippen MR) is 71.8 cm³/mol. The van der Waals surface area contributed by atoms with Crippen LogP contribution in [0.3, 0.4) is 0 Å². The largest absolute Gasteiger partial charge is 0.475 e. The van der Waals surface area contributed by atoms with Crippen molar-refractivity contribution in [2.24, 2.45) is 5.73 Å². The molecule has 0 saturated heterocycles. The molecule has 100 valence electrons. The van der Waals surface area contributed by atoms with Gasteiger partial charge in [-0.2, -0.15) is 4.98 Å². The number of rotatable bonds is 5. The van der Waals surface area contributed by atoms with Gasteiger partial charge in [0, 0.05) is 23.8 Å². The molecule has 2 rings (SSSR count). The Bertz CT molecular complexity index is 415. The molecule has 0 radical (unpaired) electrons. The van der Waals surface area contributed by atoms with Crippen LogP contribution in [0.15, 0.2) is 6.07 Å². The molecule has 0 unspecified atom stereocenters. The Labute approximate surface area is 108 Å². The van der Waals surface area contributed by atoms with Gasteiger partial charge in [0.25, 0.3) is 0 Å². The van der Waals surface area contributed by atoms with Crippen LogP contribution in [0, 0.1) is 6.92 Å². The minimum atomic E-state index is -0.0772. The SMILES string of the molecule is Cc1cc(OC(C)C)nc(NCC2(N)CCC2)n1. The van der Waals surface area contributed by atoms with Crippen LogP contribution in [0.5, 0.6) is 5.88 Å². The normalized spacial score (nSPS) is 17.4. The average Bonchev–Trinajstić information content (AvgIpc) is 2.22. The Morgan fingerprint density at radius 3 is 2.72 bits per heavy atom. The Kier molecular flexibility index (Phi) is 3.71. The van der Waals surface area contributed by atoms with E-state index in [1.165, 1.54) is 6.42 Å². The highest BCUT2D eigenvalue weighted by Gasteiger charge is 2.32. The van der Waals surface area contributed by atoms with E-state index in [9.17, 15) is 0 Å². The quantitative estimate of drug-likeness (QED) is 0.834. The standard InChI is InChI=1S/C13H22N4O/c1-9(2)18-11-7-10(3)16-12(17-11)15-8-13(14)5-4-6-13/h7,9H,4-6,8,14H2,1-3H3,(H,15,16,17). The van der Waals surface area contributed by atoms with Gasteiger partial charge in [0.1, 0.15) is 0 Å². The molecule has 0 spiro atoms. The molecule has 3 N–H and O–H groups in total. The zero-order chi connectivity index (χ0) is 13.2. The Morgan fingerprint density at radius 2 is 2.17 bits per heavy atom. The summed E-state index contributed by atoms with van der Waals surface area (Å²) in [7, 11) is 0. The molecule has 1 aromatic heterocycles. The number of aromatic nitrogens is 2. The number of anilines is 1. The fourth-order valence-corrected chi connectivity index (χ4v) is 1.98. The summed E-state index contributed by atoms with van der Waals surface area (Å²) < 4.78 is 5.59. The van der Waals surface area contributed by atoms with Crippen LogP contribution < -0.4 is 15.8 Å². The second-order valence-electron chi connectivity index (χ2n) is 5.41. The van der Waals surface area contributed by atoms with Crippen LogP contribution in [0.2, 0.25) is 0 Å². The van der Waals surface area contributed by atoms with E-state index in [0.717, 1.165) is 25.1 Å². The zero-order valence-electron chi connectivity index (χ0n) is 11.4. The third-order valence-corrected chi connectivity index (χ3v) is 3.14. The molecule has 5 heteroatoms. The van der Waals surface area contributed by atoms with Crippen LogP contribution in [-0.4, -0.2) is 28.2 Å². The number of hydrogen-bond acceptors (Lipinski definition) is 5. The number of hydrogen-bond donors (Lipinski definition) is 2. The smallest absolute Gasteiger partial charge is 0.226 e. The van der Waals surface area contributed by atoms with Gasteiger partial charge in [-0.1, -0.05) is 0 Å². The summed E-state index contributed by atoms with van der Waals surface area (Å²) in [5, 5.41) is 3.21. The molecule has 0 atom stereocenters. The highest BCUT2D eigenvalue weighted by molar-refractivity contribution is 5.31. The first-order chi connectivity index (χ1) is 8.47. The van der Waals surface area contributed by atoms with Gasteiger partial charge >= 0.3 is 0 Å². The molecular formula is C13H22N4O. The monoisotopic (exact) mass is 250 g/mol. The fraction of sp³-hybridized carbons (Fsp3) is 0.692. The Morgan fingerprint density at radius 1 is 1.44 bits per heavy atom. The highest BCUT2D eigenvalue weighted by Crippen LogP contribution is 2.29. The van der Waals surface area contributed by atoms with Crippen LogP contribution in [0.25, 0.3) is 0 Å². The molecule has 0 bridgehead atoms. The van der Waals surface area contributed by atoms with Crippen molar-refractivity contribution in [2.75, 3.05) is 11.9 Å².